The van der Waals surface area contributed by atoms with Crippen molar-refractivity contribution >= 4 is 0 Å². The molecule has 11 heavy (non-hydrogen) atoms. The summed E-state index contributed by atoms with van der Waals surface area (Å²) < 4.78 is 0. The van der Waals surface area contributed by atoms with Crippen LogP contribution in [0.1, 0.15) is 0 Å². The molecule has 0 saturated carbocycles. The zero-order valence-electron chi connectivity index (χ0n) is 6.21. The monoisotopic (exact) mass is 419 g/mol. The molecule has 0 saturated heterocycles. The van der Waals surface area contributed by atoms with Crippen LogP contribution in [-0.2, 0) is 11.0 Å². The van der Waals surface area contributed by atoms with Crippen molar-refractivity contribution in [2.24, 2.45) is 0 Å². The molecular weight excluding hydrogens is 407 g/mol. The summed E-state index contributed by atoms with van der Waals surface area (Å²) in [5, 5.41) is 0. The first kappa shape index (κ1) is 5030. The molecule has 5 nitrogen and oxygen atoms in total. The van der Waals surface area contributed by atoms with Crippen LogP contribution in [0.5, 0.6) is 0 Å². The second-order valence-corrected chi connectivity index (χ2v) is 0. The third kappa shape index (κ3) is 3010. The van der Waals surface area contributed by atoms with Gasteiger partial charge < -0.3 is 52.9 Å². The summed E-state index contributed by atoms with van der Waals surface area (Å²) in [4.78, 5) is 0. The minimum atomic E-state index is 0. The smallest absolute Gasteiger partial charge is 0 e. The molecule has 0 aliphatic carbocycles. The largest absolute Gasteiger partial charge is 2.00 e. The predicted octanol–water partition coefficient (Wildman–Crippen LogP) is -14.1. The SMILES string of the molecule is [F-].[F-].[F-].[F-].[F-].[NH4+].[NH4+].[NH4+].[O-2].[O-2].[U]. The zero-order valence-corrected chi connectivity index (χ0v) is 10.4. The molecule has 0 bridgehead atoms. The molecule has 0 aliphatic heterocycles. The van der Waals surface area contributed by atoms with Crippen molar-refractivity contribution < 1.29 is 65.6 Å². The summed E-state index contributed by atoms with van der Waals surface area (Å²) in [6, 6.07) is 0. The second-order valence-electron chi connectivity index (χ2n) is 0. The van der Waals surface area contributed by atoms with Crippen molar-refractivity contribution in [2.45, 2.75) is 0 Å². The van der Waals surface area contributed by atoms with Gasteiger partial charge in [0.15, 0.2) is 0 Å². The van der Waals surface area contributed by atoms with Gasteiger partial charge in [0.2, 0.25) is 0 Å². The first-order valence-electron chi connectivity index (χ1n) is 0. The van der Waals surface area contributed by atoms with E-state index in [9.17, 15) is 0 Å². The van der Waals surface area contributed by atoms with Crippen LogP contribution in [0.25, 0.3) is 0 Å². The zero-order chi connectivity index (χ0) is 0. The van der Waals surface area contributed by atoms with Crippen LogP contribution in [0.4, 0.5) is 0 Å². The van der Waals surface area contributed by atoms with Crippen LogP contribution in [-0.4, -0.2) is 0 Å². The van der Waals surface area contributed by atoms with Gasteiger partial charge in [-0.1, -0.05) is 0 Å². The van der Waals surface area contributed by atoms with Crippen LogP contribution in [0, 0.1) is 31.1 Å². The molecular formula is H12F5N3O2U-6. The predicted molar refractivity (Wildman–Crippen MR) is 19.3 cm³/mol. The van der Waals surface area contributed by atoms with Crippen LogP contribution in [0.2, 0.25) is 0 Å². The Kier molecular flexibility index (Phi) is 1720000. The Morgan fingerprint density at radius 2 is 0.364 bits per heavy atom. The molecule has 0 aromatic rings. The standard InChI is InChI=1S/5FH.3H3N.2O.U/h5*1H;3*1H3;;;/q;;;;;;;;2*-2;/p-2. The van der Waals surface area contributed by atoms with E-state index in [0.29, 0.717) is 0 Å². The van der Waals surface area contributed by atoms with Gasteiger partial charge in [-0.2, -0.15) is 0 Å². The Labute approximate surface area is 84.3 Å². The van der Waals surface area contributed by atoms with Gasteiger partial charge >= 0.3 is 0 Å². The van der Waals surface area contributed by atoms with E-state index in [1.165, 1.54) is 0 Å². The number of halogens is 5. The summed E-state index contributed by atoms with van der Waals surface area (Å²) in [6.07, 6.45) is 0. The van der Waals surface area contributed by atoms with E-state index in [1.54, 1.807) is 0 Å². The molecule has 0 rings (SSSR count). The van der Waals surface area contributed by atoms with Crippen molar-refractivity contribution in [1.29, 1.82) is 0 Å². The van der Waals surface area contributed by atoms with Gasteiger partial charge in [0.1, 0.15) is 0 Å². The third-order valence-electron chi connectivity index (χ3n) is 0. The molecule has 0 unspecified atom stereocenters. The van der Waals surface area contributed by atoms with E-state index >= 15 is 0 Å². The van der Waals surface area contributed by atoms with Crippen LogP contribution in [0.15, 0.2) is 0 Å². The summed E-state index contributed by atoms with van der Waals surface area (Å²) in [7, 11) is 0. The van der Waals surface area contributed by atoms with Crippen molar-refractivity contribution in [3.63, 3.8) is 0 Å². The molecule has 0 radical (unpaired) electrons. The van der Waals surface area contributed by atoms with E-state index < -0.39 is 0 Å². The average molecular weight is 419 g/mol. The minimum absolute atomic E-state index is 0. The molecule has 0 atom stereocenters. The summed E-state index contributed by atoms with van der Waals surface area (Å²) in [5.74, 6) is 0. The topological polar surface area (TPSA) is 166 Å². The van der Waals surface area contributed by atoms with E-state index in [0.717, 1.165) is 0 Å². The molecule has 0 amide bonds. The quantitative estimate of drug-likeness (QED) is 0.318. The van der Waals surface area contributed by atoms with Gasteiger partial charge in [-0.15, -0.1) is 0 Å². The molecule has 0 aromatic heterocycles. The Morgan fingerprint density at radius 3 is 0.364 bits per heavy atom. The third-order valence-corrected chi connectivity index (χ3v) is 0. The molecule has 0 heterocycles. The number of rotatable bonds is 0. The maximum absolute atomic E-state index is 0. The van der Waals surface area contributed by atoms with Gasteiger partial charge in [-0.3, -0.25) is 0 Å². The Morgan fingerprint density at radius 1 is 0.364 bits per heavy atom. The van der Waals surface area contributed by atoms with Gasteiger partial charge in [0.25, 0.3) is 0 Å². The number of hydrogen-bond acceptors (Lipinski definition) is 0. The van der Waals surface area contributed by atoms with E-state index in [1.807, 2.05) is 0 Å². The van der Waals surface area contributed by atoms with E-state index in [-0.39, 0.29) is 84.0 Å². The van der Waals surface area contributed by atoms with Crippen molar-refractivity contribution in [1.82, 2.24) is 18.5 Å². The molecule has 12 N–H and O–H groups in total. The summed E-state index contributed by atoms with van der Waals surface area (Å²) >= 11 is 0. The Balaban J connectivity index is 0. The summed E-state index contributed by atoms with van der Waals surface area (Å²) in [6.45, 7) is 0. The maximum Gasteiger partial charge on any atom is 0 e. The molecule has 11 heteroatoms. The second kappa shape index (κ2) is 3760. The van der Waals surface area contributed by atoms with Gasteiger partial charge in [-0.25, -0.2) is 0 Å². The van der Waals surface area contributed by atoms with Gasteiger partial charge in [0, 0.05) is 31.1 Å². The summed E-state index contributed by atoms with van der Waals surface area (Å²) in [5.41, 5.74) is 0. The number of hydrogen-bond donors (Lipinski definition) is 3. The fourth-order valence-corrected chi connectivity index (χ4v) is 0. The Bertz CT molecular complexity index is 19.7. The molecule has 0 aliphatic rings. The fourth-order valence-electron chi connectivity index (χ4n) is 0. The molecule has 0 fully saturated rings. The van der Waals surface area contributed by atoms with Crippen LogP contribution in [0.3, 0.4) is 0 Å². The molecule has 0 spiro atoms. The molecule has 0 aromatic carbocycles. The first-order chi connectivity index (χ1) is 0. The fraction of sp³-hybridized carbons (Fsp3) is 0. The Hall–Kier alpha value is 0.502. The van der Waals surface area contributed by atoms with Crippen LogP contribution < -0.4 is 42.0 Å². The minimum Gasteiger partial charge on any atom is -2.00 e. The maximum atomic E-state index is 0. The normalized spacial score (nSPS) is 0. The van der Waals surface area contributed by atoms with Gasteiger partial charge in [-0.05, 0) is 0 Å². The van der Waals surface area contributed by atoms with Crippen molar-refractivity contribution in [2.75, 3.05) is 0 Å². The van der Waals surface area contributed by atoms with Crippen LogP contribution >= 0.6 is 0 Å². The average Bonchev–Trinajstić information content (AvgIpc) is 0. The first-order valence-corrected chi connectivity index (χ1v) is 0. The number of quaternary nitrogens is 3. The van der Waals surface area contributed by atoms with Crippen molar-refractivity contribution in [3.8, 4) is 0 Å². The van der Waals surface area contributed by atoms with E-state index in [2.05, 4.69) is 0 Å². The van der Waals surface area contributed by atoms with Gasteiger partial charge in [0.05, 0.1) is 0 Å². The van der Waals surface area contributed by atoms with E-state index in [4.69, 9.17) is 0 Å². The van der Waals surface area contributed by atoms with Crippen molar-refractivity contribution in [3.05, 3.63) is 0 Å². The molecule has 84 valence electrons.